The molecule has 2 N–H and O–H groups in total. The topological polar surface area (TPSA) is 73.5 Å². The molecule has 0 spiro atoms. The van der Waals surface area contributed by atoms with E-state index in [2.05, 4.69) is 15.3 Å². The molecule has 0 aliphatic rings. The Morgan fingerprint density at radius 3 is 3.00 bits per heavy atom. The Labute approximate surface area is 68.6 Å². The molecule has 0 amide bonds. The van der Waals surface area contributed by atoms with E-state index < -0.39 is 0 Å². The monoisotopic (exact) mass is 165 g/mol. The molecule has 2 aromatic heterocycles. The molecule has 0 radical (unpaired) electrons. The Morgan fingerprint density at radius 2 is 2.33 bits per heavy atom. The fourth-order valence-corrected chi connectivity index (χ4v) is 1.13. The molecule has 0 saturated heterocycles. The highest BCUT2D eigenvalue weighted by Gasteiger charge is 2.15. The van der Waals surface area contributed by atoms with E-state index in [1.54, 1.807) is 22.6 Å². The zero-order valence-corrected chi connectivity index (χ0v) is 6.89. The van der Waals surface area contributed by atoms with Gasteiger partial charge >= 0.3 is 5.65 Å². The minimum absolute atomic E-state index is 0.454. The molecule has 12 heavy (non-hydrogen) atoms. The Hall–Kier alpha value is -1.72. The quantitative estimate of drug-likeness (QED) is 0.496. The first kappa shape index (κ1) is 6.96. The van der Waals surface area contributed by atoms with Crippen molar-refractivity contribution in [3.8, 4) is 0 Å². The summed E-state index contributed by atoms with van der Waals surface area (Å²) in [5, 5.41) is 7.78. The third kappa shape index (κ3) is 0.744. The van der Waals surface area contributed by atoms with Crippen molar-refractivity contribution in [2.45, 2.75) is 0 Å². The number of fused-ring (bicyclic) bond motifs is 1. The molecule has 0 bridgehead atoms. The van der Waals surface area contributed by atoms with Gasteiger partial charge in [0.15, 0.2) is 0 Å². The predicted octanol–water partition coefficient (Wildman–Crippen LogP) is -1.23. The number of nitrogens with two attached hydrogens (primary N) is 1. The van der Waals surface area contributed by atoms with E-state index in [4.69, 9.17) is 5.73 Å². The molecule has 6 nitrogen and oxygen atoms in total. The second kappa shape index (κ2) is 2.13. The Balaban J connectivity index is 2.98. The van der Waals surface area contributed by atoms with Crippen LogP contribution in [0.1, 0.15) is 0 Å². The summed E-state index contributed by atoms with van der Waals surface area (Å²) in [6.45, 7) is 0. The van der Waals surface area contributed by atoms with Crippen molar-refractivity contribution in [3.05, 3.63) is 6.33 Å². The molecule has 2 rings (SSSR count). The first-order valence-electron chi connectivity index (χ1n) is 3.49. The SMILES string of the molecule is Cn1nnc2c1c(N)nc[n+]2C. The van der Waals surface area contributed by atoms with Crippen molar-refractivity contribution in [2.75, 3.05) is 5.73 Å². The molecule has 62 valence electrons. The van der Waals surface area contributed by atoms with Gasteiger partial charge in [-0.2, -0.15) is 0 Å². The third-order valence-corrected chi connectivity index (χ3v) is 1.76. The molecular formula is C6H9N6+. The number of rotatable bonds is 0. The fraction of sp³-hybridized carbons (Fsp3) is 0.333. The van der Waals surface area contributed by atoms with Crippen LogP contribution in [0.5, 0.6) is 0 Å². The highest BCUT2D eigenvalue weighted by atomic mass is 15.4. The molecule has 6 heteroatoms. The number of nitrogen functional groups attached to an aromatic ring is 1. The highest BCUT2D eigenvalue weighted by Crippen LogP contribution is 2.09. The van der Waals surface area contributed by atoms with E-state index >= 15 is 0 Å². The molecule has 2 aromatic rings. The van der Waals surface area contributed by atoms with Crippen LogP contribution >= 0.6 is 0 Å². The predicted molar refractivity (Wildman–Crippen MR) is 41.9 cm³/mol. The third-order valence-electron chi connectivity index (χ3n) is 1.76. The van der Waals surface area contributed by atoms with E-state index in [9.17, 15) is 0 Å². The van der Waals surface area contributed by atoms with Crippen LogP contribution in [-0.2, 0) is 14.1 Å². The molecule has 0 aliphatic heterocycles. The minimum atomic E-state index is 0.454. The summed E-state index contributed by atoms with van der Waals surface area (Å²) in [4.78, 5) is 3.98. The van der Waals surface area contributed by atoms with E-state index in [1.165, 1.54) is 0 Å². The summed E-state index contributed by atoms with van der Waals surface area (Å²) in [6, 6.07) is 0. The lowest BCUT2D eigenvalue weighted by atomic mass is 10.5. The van der Waals surface area contributed by atoms with Gasteiger partial charge < -0.3 is 5.73 Å². The van der Waals surface area contributed by atoms with Gasteiger partial charge in [0, 0.05) is 17.4 Å². The maximum Gasteiger partial charge on any atom is 0.320 e. The van der Waals surface area contributed by atoms with Crippen molar-refractivity contribution >= 4 is 17.0 Å². The number of aromatic nitrogens is 5. The minimum Gasteiger partial charge on any atom is -0.368 e. The van der Waals surface area contributed by atoms with Gasteiger partial charge in [-0.15, -0.1) is 0 Å². The first-order valence-corrected chi connectivity index (χ1v) is 3.49. The van der Waals surface area contributed by atoms with Crippen LogP contribution in [0.3, 0.4) is 0 Å². The maximum atomic E-state index is 5.65. The summed E-state index contributed by atoms with van der Waals surface area (Å²) in [5.41, 5.74) is 7.15. The molecule has 0 aliphatic carbocycles. The number of nitrogens with zero attached hydrogens (tertiary/aromatic N) is 5. The molecule has 0 saturated carbocycles. The number of anilines is 1. The molecule has 0 fully saturated rings. The first-order chi connectivity index (χ1) is 5.70. The highest BCUT2D eigenvalue weighted by molar-refractivity contribution is 5.78. The summed E-state index contributed by atoms with van der Waals surface area (Å²) in [6.07, 6.45) is 1.62. The Kier molecular flexibility index (Phi) is 1.24. The van der Waals surface area contributed by atoms with Gasteiger partial charge in [0.05, 0.1) is 7.05 Å². The van der Waals surface area contributed by atoms with Crippen molar-refractivity contribution in [3.63, 3.8) is 0 Å². The molecule has 2 heterocycles. The lowest BCUT2D eigenvalue weighted by molar-refractivity contribution is -0.649. The van der Waals surface area contributed by atoms with Crippen LogP contribution < -0.4 is 10.3 Å². The zero-order valence-electron chi connectivity index (χ0n) is 6.89. The second-order valence-electron chi connectivity index (χ2n) is 2.63. The summed E-state index contributed by atoms with van der Waals surface area (Å²) in [7, 11) is 3.64. The van der Waals surface area contributed by atoms with Gasteiger partial charge in [0.2, 0.25) is 17.7 Å². The van der Waals surface area contributed by atoms with Crippen LogP contribution in [-0.4, -0.2) is 20.0 Å². The molecular weight excluding hydrogens is 156 g/mol. The second-order valence-corrected chi connectivity index (χ2v) is 2.63. The van der Waals surface area contributed by atoms with Gasteiger partial charge in [-0.05, 0) is 0 Å². The lowest BCUT2D eigenvalue weighted by Crippen LogP contribution is -2.30. The summed E-state index contributed by atoms with van der Waals surface area (Å²) < 4.78 is 3.39. The van der Waals surface area contributed by atoms with Crippen LogP contribution in [0.15, 0.2) is 6.33 Å². The molecule has 0 atom stereocenters. The van der Waals surface area contributed by atoms with Gasteiger partial charge in [-0.3, -0.25) is 0 Å². The van der Waals surface area contributed by atoms with Gasteiger partial charge in [0.25, 0.3) is 0 Å². The Morgan fingerprint density at radius 1 is 1.58 bits per heavy atom. The van der Waals surface area contributed by atoms with Crippen LogP contribution in [0, 0.1) is 0 Å². The Bertz CT molecular complexity index is 431. The average molecular weight is 165 g/mol. The summed E-state index contributed by atoms with van der Waals surface area (Å²) >= 11 is 0. The van der Waals surface area contributed by atoms with E-state index in [0.29, 0.717) is 5.82 Å². The van der Waals surface area contributed by atoms with E-state index in [-0.39, 0.29) is 0 Å². The van der Waals surface area contributed by atoms with Crippen molar-refractivity contribution in [1.82, 2.24) is 20.0 Å². The average Bonchev–Trinajstić information content (AvgIpc) is 2.42. The molecule has 0 aromatic carbocycles. The van der Waals surface area contributed by atoms with E-state index in [0.717, 1.165) is 11.2 Å². The number of hydrogen-bond donors (Lipinski definition) is 1. The van der Waals surface area contributed by atoms with Gasteiger partial charge in [-0.1, -0.05) is 4.98 Å². The van der Waals surface area contributed by atoms with E-state index in [1.807, 2.05) is 7.05 Å². The maximum absolute atomic E-state index is 5.65. The summed E-state index contributed by atoms with van der Waals surface area (Å²) in [5.74, 6) is 0.454. The van der Waals surface area contributed by atoms with Crippen LogP contribution in [0.25, 0.3) is 11.2 Å². The number of hydrogen-bond acceptors (Lipinski definition) is 4. The molecule has 0 unspecified atom stereocenters. The van der Waals surface area contributed by atoms with Gasteiger partial charge in [-0.25, -0.2) is 9.25 Å². The smallest absolute Gasteiger partial charge is 0.320 e. The normalized spacial score (nSPS) is 10.8. The van der Waals surface area contributed by atoms with Crippen LogP contribution in [0.4, 0.5) is 5.82 Å². The standard InChI is InChI=1S/C6H8N6/c1-11-3-8-5(7)4-6(11)9-10-12(4)2/h3,7H,1-2H3/p+1. The lowest BCUT2D eigenvalue weighted by Gasteiger charge is -1.92. The van der Waals surface area contributed by atoms with Crippen molar-refractivity contribution < 1.29 is 4.57 Å². The largest absolute Gasteiger partial charge is 0.368 e. The fourth-order valence-electron chi connectivity index (χ4n) is 1.13. The van der Waals surface area contributed by atoms with Crippen molar-refractivity contribution in [2.24, 2.45) is 14.1 Å². The van der Waals surface area contributed by atoms with Crippen molar-refractivity contribution in [1.29, 1.82) is 0 Å². The zero-order chi connectivity index (χ0) is 8.72. The number of aryl methyl sites for hydroxylation is 2. The van der Waals surface area contributed by atoms with Crippen LogP contribution in [0.2, 0.25) is 0 Å². The van der Waals surface area contributed by atoms with Gasteiger partial charge in [0.1, 0.15) is 0 Å².